The van der Waals surface area contributed by atoms with Gasteiger partial charge in [0, 0.05) is 0 Å². The van der Waals surface area contributed by atoms with Gasteiger partial charge in [-0.2, -0.15) is 0 Å². The van der Waals surface area contributed by atoms with Crippen molar-refractivity contribution in [2.45, 2.75) is 25.4 Å². The Morgan fingerprint density at radius 2 is 1.91 bits per heavy atom. The number of aliphatic hydroxyl groups is 1. The first kappa shape index (κ1) is 7.10. The molecule has 0 saturated heterocycles. The van der Waals surface area contributed by atoms with Crippen molar-refractivity contribution in [1.82, 2.24) is 0 Å². The summed E-state index contributed by atoms with van der Waals surface area (Å²) in [4.78, 5) is 10.6. The lowest BCUT2D eigenvalue weighted by molar-refractivity contribution is -0.144. The number of aliphatic carboxylic acids is 1. The number of carboxylic acids is 1. The summed E-state index contributed by atoms with van der Waals surface area (Å²) < 4.78 is 0. The molecule has 0 aromatic heterocycles. The first-order valence-corrected chi connectivity index (χ1v) is 4.09. The van der Waals surface area contributed by atoms with E-state index in [0.29, 0.717) is 12.8 Å². The van der Waals surface area contributed by atoms with Crippen molar-refractivity contribution in [2.24, 2.45) is 17.8 Å². The molecule has 2 aliphatic carbocycles. The molecular weight excluding hydrogens is 144 g/mol. The van der Waals surface area contributed by atoms with Crippen molar-refractivity contribution in [1.29, 1.82) is 0 Å². The van der Waals surface area contributed by atoms with Crippen LogP contribution in [0.15, 0.2) is 0 Å². The van der Waals surface area contributed by atoms with Crippen molar-refractivity contribution in [2.75, 3.05) is 0 Å². The van der Waals surface area contributed by atoms with Crippen molar-refractivity contribution < 1.29 is 15.0 Å². The highest BCUT2D eigenvalue weighted by Gasteiger charge is 2.47. The van der Waals surface area contributed by atoms with E-state index in [9.17, 15) is 9.90 Å². The molecule has 0 aliphatic heterocycles. The highest BCUT2D eigenvalue weighted by atomic mass is 16.4. The molecule has 62 valence electrons. The fraction of sp³-hybridized carbons (Fsp3) is 0.875. The molecule has 0 aromatic rings. The summed E-state index contributed by atoms with van der Waals surface area (Å²) in [6, 6.07) is 0. The monoisotopic (exact) mass is 156 g/mol. The van der Waals surface area contributed by atoms with Gasteiger partial charge in [-0.15, -0.1) is 0 Å². The first-order chi connectivity index (χ1) is 5.18. The molecule has 3 heteroatoms. The Morgan fingerprint density at radius 1 is 1.18 bits per heavy atom. The molecule has 2 fully saturated rings. The fourth-order valence-corrected chi connectivity index (χ4v) is 2.55. The second-order valence-electron chi connectivity index (χ2n) is 3.74. The number of carboxylic acid groups (broad SMARTS) is 1. The molecule has 0 unspecified atom stereocenters. The van der Waals surface area contributed by atoms with E-state index >= 15 is 0 Å². The molecule has 0 spiro atoms. The molecule has 0 aromatic carbocycles. The standard InChI is InChI=1S/C8H12O3/c9-7-3-4-1-5(7)2-6(4)8(10)11/h4-7,9H,1-3H2,(H,10,11)/t4-,5-,6-,7-/m1/s1. The van der Waals surface area contributed by atoms with Crippen LogP contribution in [0.3, 0.4) is 0 Å². The molecule has 2 aliphatic rings. The van der Waals surface area contributed by atoms with Crippen molar-refractivity contribution in [3.63, 3.8) is 0 Å². The predicted octanol–water partition coefficient (Wildman–Crippen LogP) is 0.478. The molecule has 0 heterocycles. The largest absolute Gasteiger partial charge is 0.481 e. The normalized spacial score (nSPS) is 48.1. The van der Waals surface area contributed by atoms with Crippen LogP contribution >= 0.6 is 0 Å². The Kier molecular flexibility index (Phi) is 1.42. The maximum atomic E-state index is 10.6. The summed E-state index contributed by atoms with van der Waals surface area (Å²) in [5.41, 5.74) is 0. The second kappa shape index (κ2) is 2.21. The van der Waals surface area contributed by atoms with Gasteiger partial charge in [-0.05, 0) is 31.1 Å². The van der Waals surface area contributed by atoms with Crippen molar-refractivity contribution in [3.05, 3.63) is 0 Å². The van der Waals surface area contributed by atoms with E-state index in [-0.39, 0.29) is 23.9 Å². The third-order valence-corrected chi connectivity index (χ3v) is 3.14. The third kappa shape index (κ3) is 0.948. The molecular formula is C8H12O3. The Balaban J connectivity index is 2.08. The summed E-state index contributed by atoms with van der Waals surface area (Å²) in [5.74, 6) is -0.304. The molecule has 2 bridgehead atoms. The maximum absolute atomic E-state index is 10.6. The van der Waals surface area contributed by atoms with Crippen LogP contribution < -0.4 is 0 Å². The van der Waals surface area contributed by atoms with Gasteiger partial charge < -0.3 is 10.2 Å². The minimum atomic E-state index is -0.676. The topological polar surface area (TPSA) is 57.5 Å². The Labute approximate surface area is 65.0 Å². The number of fused-ring (bicyclic) bond motifs is 2. The van der Waals surface area contributed by atoms with E-state index in [1.165, 1.54) is 0 Å². The van der Waals surface area contributed by atoms with Gasteiger partial charge in [0.15, 0.2) is 0 Å². The predicted molar refractivity (Wildman–Crippen MR) is 38.0 cm³/mol. The molecule has 3 nitrogen and oxygen atoms in total. The van der Waals surface area contributed by atoms with E-state index in [4.69, 9.17) is 5.11 Å². The Morgan fingerprint density at radius 3 is 2.27 bits per heavy atom. The summed E-state index contributed by atoms with van der Waals surface area (Å²) >= 11 is 0. The molecule has 4 atom stereocenters. The Bertz CT molecular complexity index is 188. The highest BCUT2D eigenvalue weighted by Crippen LogP contribution is 2.48. The zero-order valence-electron chi connectivity index (χ0n) is 6.23. The van der Waals surface area contributed by atoms with Gasteiger partial charge in [0.25, 0.3) is 0 Å². The molecule has 2 saturated carbocycles. The van der Waals surface area contributed by atoms with Gasteiger partial charge in [-0.3, -0.25) is 4.79 Å². The minimum Gasteiger partial charge on any atom is -0.481 e. The smallest absolute Gasteiger partial charge is 0.306 e. The Hall–Kier alpha value is -0.570. The van der Waals surface area contributed by atoms with Gasteiger partial charge in [0.1, 0.15) is 0 Å². The van der Waals surface area contributed by atoms with Gasteiger partial charge in [-0.25, -0.2) is 0 Å². The average Bonchev–Trinajstić information content (AvgIpc) is 2.43. The van der Waals surface area contributed by atoms with Crippen LogP contribution in [0, 0.1) is 17.8 Å². The zero-order chi connectivity index (χ0) is 8.01. The van der Waals surface area contributed by atoms with E-state index in [0.717, 1.165) is 6.42 Å². The van der Waals surface area contributed by atoms with Gasteiger partial charge >= 0.3 is 5.97 Å². The number of aliphatic hydroxyl groups excluding tert-OH is 1. The van der Waals surface area contributed by atoms with Crippen LogP contribution in [0.1, 0.15) is 19.3 Å². The van der Waals surface area contributed by atoms with E-state index in [1.807, 2.05) is 0 Å². The zero-order valence-corrected chi connectivity index (χ0v) is 6.23. The van der Waals surface area contributed by atoms with Crippen molar-refractivity contribution in [3.8, 4) is 0 Å². The van der Waals surface area contributed by atoms with Gasteiger partial charge in [-0.1, -0.05) is 0 Å². The third-order valence-electron chi connectivity index (χ3n) is 3.14. The summed E-state index contributed by atoms with van der Waals surface area (Å²) in [6.45, 7) is 0. The summed E-state index contributed by atoms with van der Waals surface area (Å²) in [6.07, 6.45) is 2.12. The van der Waals surface area contributed by atoms with Crippen LogP contribution in [0.25, 0.3) is 0 Å². The highest BCUT2D eigenvalue weighted by molar-refractivity contribution is 5.71. The fourth-order valence-electron chi connectivity index (χ4n) is 2.55. The maximum Gasteiger partial charge on any atom is 0.306 e. The molecule has 0 amide bonds. The molecule has 11 heavy (non-hydrogen) atoms. The van der Waals surface area contributed by atoms with Gasteiger partial charge in [0.2, 0.25) is 0 Å². The van der Waals surface area contributed by atoms with Crippen LogP contribution in [0.4, 0.5) is 0 Å². The van der Waals surface area contributed by atoms with Crippen molar-refractivity contribution >= 4 is 5.97 Å². The summed E-state index contributed by atoms with van der Waals surface area (Å²) in [7, 11) is 0. The van der Waals surface area contributed by atoms with Crippen LogP contribution in [-0.2, 0) is 4.79 Å². The number of hydrogen-bond acceptors (Lipinski definition) is 2. The summed E-state index contributed by atoms with van der Waals surface area (Å²) in [5, 5.41) is 18.1. The van der Waals surface area contributed by atoms with Crippen LogP contribution in [-0.4, -0.2) is 22.3 Å². The average molecular weight is 156 g/mol. The number of hydrogen-bond donors (Lipinski definition) is 2. The van der Waals surface area contributed by atoms with E-state index in [1.54, 1.807) is 0 Å². The van der Waals surface area contributed by atoms with Crippen LogP contribution in [0.5, 0.6) is 0 Å². The van der Waals surface area contributed by atoms with E-state index < -0.39 is 5.97 Å². The lowest BCUT2D eigenvalue weighted by Crippen LogP contribution is -2.26. The lowest BCUT2D eigenvalue weighted by atomic mass is 9.87. The SMILES string of the molecule is O=C(O)[C@@H]1C[C@H]2C[C@@H]1C[C@H]2O. The quantitative estimate of drug-likeness (QED) is 0.580. The number of rotatable bonds is 1. The molecule has 0 radical (unpaired) electrons. The minimum absolute atomic E-state index is 0.164. The molecule has 2 rings (SSSR count). The lowest BCUT2D eigenvalue weighted by Gasteiger charge is -2.21. The van der Waals surface area contributed by atoms with E-state index in [2.05, 4.69) is 0 Å². The molecule has 2 N–H and O–H groups in total. The van der Waals surface area contributed by atoms with Crippen LogP contribution in [0.2, 0.25) is 0 Å². The number of carbonyl (C=O) groups is 1. The van der Waals surface area contributed by atoms with Gasteiger partial charge in [0.05, 0.1) is 12.0 Å². The second-order valence-corrected chi connectivity index (χ2v) is 3.74. The first-order valence-electron chi connectivity index (χ1n) is 4.09.